The van der Waals surface area contributed by atoms with Gasteiger partial charge in [-0.25, -0.2) is 4.98 Å². The molecule has 2 aromatic carbocycles. The summed E-state index contributed by atoms with van der Waals surface area (Å²) < 4.78 is 2.13. The zero-order chi connectivity index (χ0) is 26.1. The Bertz CT molecular complexity index is 1590. The summed E-state index contributed by atoms with van der Waals surface area (Å²) in [6.45, 7) is 3.48. The van der Waals surface area contributed by atoms with Crippen LogP contribution in [0.5, 0.6) is 0 Å². The summed E-state index contributed by atoms with van der Waals surface area (Å²) in [4.78, 5) is 33.6. The van der Waals surface area contributed by atoms with E-state index in [9.17, 15) is 14.9 Å². The number of piperazine rings is 1. The molecular formula is C29H25N5O3S. The lowest BCUT2D eigenvalue weighted by Crippen LogP contribution is -2.48. The average molecular weight is 524 g/mol. The Hall–Kier alpha value is -4.34. The van der Waals surface area contributed by atoms with Crippen LogP contribution in [0.2, 0.25) is 0 Å². The number of amides is 1. The van der Waals surface area contributed by atoms with Crippen LogP contribution in [0.3, 0.4) is 0 Å². The zero-order valence-corrected chi connectivity index (χ0v) is 21.4. The number of carbonyl (C=O) groups excluding carboxylic acids is 1. The van der Waals surface area contributed by atoms with Crippen molar-refractivity contribution in [1.82, 2.24) is 19.2 Å². The fourth-order valence-electron chi connectivity index (χ4n) is 4.89. The van der Waals surface area contributed by atoms with E-state index >= 15 is 0 Å². The van der Waals surface area contributed by atoms with Gasteiger partial charge in [0.1, 0.15) is 5.65 Å². The van der Waals surface area contributed by atoms with E-state index < -0.39 is 4.92 Å². The zero-order valence-electron chi connectivity index (χ0n) is 20.6. The highest BCUT2D eigenvalue weighted by molar-refractivity contribution is 7.12. The first-order valence-corrected chi connectivity index (χ1v) is 13.3. The summed E-state index contributed by atoms with van der Waals surface area (Å²) in [5, 5.41) is 13.1. The van der Waals surface area contributed by atoms with Crippen LogP contribution in [0.15, 0.2) is 90.4 Å². The molecule has 0 atom stereocenters. The van der Waals surface area contributed by atoms with Crippen LogP contribution >= 0.6 is 11.3 Å². The molecule has 1 amide bonds. The third kappa shape index (κ3) is 4.69. The van der Waals surface area contributed by atoms with E-state index in [0.717, 1.165) is 51.7 Å². The third-order valence-corrected chi connectivity index (χ3v) is 7.80. The van der Waals surface area contributed by atoms with Gasteiger partial charge in [-0.15, -0.1) is 11.3 Å². The molecule has 9 heteroatoms. The second-order valence-electron chi connectivity index (χ2n) is 9.27. The van der Waals surface area contributed by atoms with Crippen molar-refractivity contribution in [1.29, 1.82) is 0 Å². The molecule has 5 aromatic rings. The Morgan fingerprint density at radius 2 is 1.61 bits per heavy atom. The van der Waals surface area contributed by atoms with E-state index in [1.54, 1.807) is 12.1 Å². The molecule has 4 heterocycles. The maximum Gasteiger partial charge on any atom is 0.269 e. The molecule has 0 saturated carbocycles. The van der Waals surface area contributed by atoms with Gasteiger partial charge < -0.3 is 9.30 Å². The molecule has 1 aliphatic heterocycles. The first-order chi connectivity index (χ1) is 18.6. The summed E-state index contributed by atoms with van der Waals surface area (Å²) in [6.07, 6.45) is 2.11. The summed E-state index contributed by atoms with van der Waals surface area (Å²) in [5.41, 5.74) is 5.73. The third-order valence-electron chi connectivity index (χ3n) is 6.94. The van der Waals surface area contributed by atoms with E-state index in [0.29, 0.717) is 19.6 Å². The number of imidazole rings is 1. The second kappa shape index (κ2) is 10.2. The summed E-state index contributed by atoms with van der Waals surface area (Å²) in [5.74, 6) is 0.0912. The number of nitro benzene ring substituents is 1. The Morgan fingerprint density at radius 3 is 2.29 bits per heavy atom. The minimum absolute atomic E-state index is 0.0527. The van der Waals surface area contributed by atoms with E-state index in [4.69, 9.17) is 4.98 Å². The van der Waals surface area contributed by atoms with Crippen molar-refractivity contribution in [3.63, 3.8) is 0 Å². The quantitative estimate of drug-likeness (QED) is 0.214. The van der Waals surface area contributed by atoms with Gasteiger partial charge >= 0.3 is 0 Å². The molecule has 3 aromatic heterocycles. The van der Waals surface area contributed by atoms with Crippen LogP contribution in [0.1, 0.15) is 15.4 Å². The number of benzene rings is 2. The molecule has 0 aliphatic carbocycles. The molecule has 0 unspecified atom stereocenters. The predicted octanol–water partition coefficient (Wildman–Crippen LogP) is 5.60. The maximum absolute atomic E-state index is 12.8. The molecular weight excluding hydrogens is 498 g/mol. The van der Waals surface area contributed by atoms with Gasteiger partial charge in [-0.2, -0.15) is 0 Å². The van der Waals surface area contributed by atoms with Crippen LogP contribution in [-0.2, 0) is 6.54 Å². The highest BCUT2D eigenvalue weighted by atomic mass is 32.1. The van der Waals surface area contributed by atoms with Crippen molar-refractivity contribution in [3.8, 4) is 22.4 Å². The number of fused-ring (bicyclic) bond motifs is 1. The molecule has 0 spiro atoms. The SMILES string of the molecule is O=C(c1cccs1)N1CCN(Cc2c(-c3ccc([N+](=O)[O-])cc3)nc3ccc(-c4ccccc4)cn23)CC1. The van der Waals surface area contributed by atoms with Crippen molar-refractivity contribution in [2.24, 2.45) is 0 Å². The van der Waals surface area contributed by atoms with Gasteiger partial charge in [0.15, 0.2) is 0 Å². The number of hydrogen-bond acceptors (Lipinski definition) is 6. The van der Waals surface area contributed by atoms with Crippen LogP contribution in [0.25, 0.3) is 28.0 Å². The Labute approximate surface area is 223 Å². The van der Waals surface area contributed by atoms with Crippen molar-refractivity contribution in [3.05, 3.63) is 111 Å². The van der Waals surface area contributed by atoms with Crippen LogP contribution in [0, 0.1) is 10.1 Å². The number of aromatic nitrogens is 2. The lowest BCUT2D eigenvalue weighted by Gasteiger charge is -2.34. The molecule has 1 aliphatic rings. The van der Waals surface area contributed by atoms with Crippen LogP contribution in [-0.4, -0.2) is 56.2 Å². The number of carbonyl (C=O) groups is 1. The smallest absolute Gasteiger partial charge is 0.269 e. The normalized spacial score (nSPS) is 14.2. The first-order valence-electron chi connectivity index (χ1n) is 12.4. The summed E-state index contributed by atoms with van der Waals surface area (Å²) in [7, 11) is 0. The molecule has 0 radical (unpaired) electrons. The van der Waals surface area contributed by atoms with Gasteiger partial charge in [0.2, 0.25) is 0 Å². The fraction of sp³-hybridized carbons (Fsp3) is 0.172. The monoisotopic (exact) mass is 523 g/mol. The Balaban J connectivity index is 1.33. The lowest BCUT2D eigenvalue weighted by molar-refractivity contribution is -0.384. The number of rotatable bonds is 6. The van der Waals surface area contributed by atoms with E-state index in [1.165, 1.54) is 23.5 Å². The molecule has 0 bridgehead atoms. The molecule has 190 valence electrons. The van der Waals surface area contributed by atoms with Gasteiger partial charge in [-0.05, 0) is 46.8 Å². The lowest BCUT2D eigenvalue weighted by atomic mass is 10.1. The van der Waals surface area contributed by atoms with Gasteiger partial charge in [0.05, 0.1) is 21.2 Å². The van der Waals surface area contributed by atoms with Gasteiger partial charge in [-0.1, -0.05) is 36.4 Å². The van der Waals surface area contributed by atoms with Crippen LogP contribution < -0.4 is 0 Å². The van der Waals surface area contributed by atoms with Crippen molar-refractivity contribution < 1.29 is 9.72 Å². The minimum atomic E-state index is -0.391. The summed E-state index contributed by atoms with van der Waals surface area (Å²) >= 11 is 1.47. The highest BCUT2D eigenvalue weighted by Gasteiger charge is 2.25. The van der Waals surface area contributed by atoms with Gasteiger partial charge in [0, 0.05) is 56.6 Å². The molecule has 0 N–H and O–H groups in total. The van der Waals surface area contributed by atoms with Gasteiger partial charge in [-0.3, -0.25) is 19.8 Å². The fourth-order valence-corrected chi connectivity index (χ4v) is 5.59. The number of pyridine rings is 1. The second-order valence-corrected chi connectivity index (χ2v) is 10.2. The maximum atomic E-state index is 12.8. The molecule has 8 nitrogen and oxygen atoms in total. The Morgan fingerprint density at radius 1 is 0.868 bits per heavy atom. The minimum Gasteiger partial charge on any atom is -0.335 e. The summed E-state index contributed by atoms with van der Waals surface area (Å²) in [6, 6.07) is 24.6. The standard InChI is InChI=1S/C29H25N5O3S/c35-29(26-7-4-18-38-26)32-16-14-31(15-17-32)20-25-28(22-8-11-24(12-9-22)34(36)37)30-27-13-10-23(19-33(25)27)21-5-2-1-3-6-21/h1-13,18-19H,14-17,20H2. The molecule has 6 rings (SSSR count). The van der Waals surface area contributed by atoms with Crippen molar-refractivity contribution >= 4 is 28.6 Å². The number of non-ortho nitro benzene ring substituents is 1. The largest absolute Gasteiger partial charge is 0.335 e. The number of nitrogens with zero attached hydrogens (tertiary/aromatic N) is 5. The number of hydrogen-bond donors (Lipinski definition) is 0. The van der Waals surface area contributed by atoms with E-state index in [-0.39, 0.29) is 11.6 Å². The number of thiophene rings is 1. The van der Waals surface area contributed by atoms with E-state index in [1.807, 2.05) is 46.7 Å². The van der Waals surface area contributed by atoms with Crippen molar-refractivity contribution in [2.75, 3.05) is 26.2 Å². The Kier molecular flexibility index (Phi) is 6.45. The molecule has 1 saturated heterocycles. The van der Waals surface area contributed by atoms with Crippen molar-refractivity contribution in [2.45, 2.75) is 6.54 Å². The molecule has 38 heavy (non-hydrogen) atoms. The van der Waals surface area contributed by atoms with Gasteiger partial charge in [0.25, 0.3) is 11.6 Å². The first kappa shape index (κ1) is 24.0. The van der Waals surface area contributed by atoms with Crippen LogP contribution in [0.4, 0.5) is 5.69 Å². The molecule has 1 fully saturated rings. The topological polar surface area (TPSA) is 84.0 Å². The average Bonchev–Trinajstić information content (AvgIpc) is 3.62. The highest BCUT2D eigenvalue weighted by Crippen LogP contribution is 2.30. The number of nitro groups is 1. The predicted molar refractivity (Wildman–Crippen MR) is 148 cm³/mol. The van der Waals surface area contributed by atoms with E-state index in [2.05, 4.69) is 33.7 Å².